The zero-order valence-corrected chi connectivity index (χ0v) is 11.1. The molecule has 0 aliphatic carbocycles. The van der Waals surface area contributed by atoms with Crippen molar-refractivity contribution in [1.82, 2.24) is 10.3 Å². The Hall–Kier alpha value is -0.940. The van der Waals surface area contributed by atoms with Crippen LogP contribution in [0.2, 0.25) is 0 Å². The number of hydrogen-bond acceptors (Lipinski definition) is 3. The van der Waals surface area contributed by atoms with E-state index in [0.29, 0.717) is 22.8 Å². The summed E-state index contributed by atoms with van der Waals surface area (Å²) in [6, 6.07) is 3.50. The van der Waals surface area contributed by atoms with E-state index in [1.54, 1.807) is 18.3 Å². The van der Waals surface area contributed by atoms with Crippen molar-refractivity contribution in [2.24, 2.45) is 0 Å². The summed E-state index contributed by atoms with van der Waals surface area (Å²) in [5, 5.41) is 2.88. The van der Waals surface area contributed by atoms with Crippen molar-refractivity contribution in [2.75, 3.05) is 13.2 Å². The third-order valence-corrected chi connectivity index (χ3v) is 3.41. The number of nitrogens with one attached hydrogen (secondary N) is 1. The van der Waals surface area contributed by atoms with Crippen LogP contribution in [0.1, 0.15) is 29.6 Å². The molecule has 1 amide bonds. The Morgan fingerprint density at radius 2 is 2.53 bits per heavy atom. The molecule has 17 heavy (non-hydrogen) atoms. The monoisotopic (exact) mass is 298 g/mol. The van der Waals surface area contributed by atoms with Crippen LogP contribution in [0, 0.1) is 0 Å². The molecule has 2 heterocycles. The molecule has 1 aromatic heterocycles. The van der Waals surface area contributed by atoms with E-state index in [-0.39, 0.29) is 5.91 Å². The largest absolute Gasteiger partial charge is 0.378 e. The molecule has 1 saturated heterocycles. The lowest BCUT2D eigenvalue weighted by molar-refractivity contribution is 0.0906. The molecule has 2 rings (SSSR count). The van der Waals surface area contributed by atoms with Gasteiger partial charge in [-0.25, -0.2) is 4.98 Å². The van der Waals surface area contributed by atoms with Gasteiger partial charge in [-0.2, -0.15) is 0 Å². The van der Waals surface area contributed by atoms with Gasteiger partial charge in [-0.1, -0.05) is 0 Å². The van der Waals surface area contributed by atoms with Crippen LogP contribution in [0.25, 0.3) is 0 Å². The lowest BCUT2D eigenvalue weighted by atomic mass is 10.2. The summed E-state index contributed by atoms with van der Waals surface area (Å²) < 4.78 is 6.07. The van der Waals surface area contributed by atoms with E-state index in [0.717, 1.165) is 25.9 Å². The van der Waals surface area contributed by atoms with Gasteiger partial charge in [0.2, 0.25) is 0 Å². The van der Waals surface area contributed by atoms with Crippen molar-refractivity contribution in [2.45, 2.75) is 25.4 Å². The number of rotatable bonds is 4. The first-order valence-electron chi connectivity index (χ1n) is 5.77. The Bertz CT molecular complexity index is 392. The second-order valence-corrected chi connectivity index (χ2v) is 4.77. The van der Waals surface area contributed by atoms with E-state index in [9.17, 15) is 4.79 Å². The van der Waals surface area contributed by atoms with Crippen LogP contribution in [0.5, 0.6) is 0 Å². The molecule has 1 atom stereocenters. The molecule has 0 bridgehead atoms. The van der Waals surface area contributed by atoms with Crippen molar-refractivity contribution < 1.29 is 9.53 Å². The van der Waals surface area contributed by atoms with Gasteiger partial charge in [0.15, 0.2) is 0 Å². The molecular weight excluding hydrogens is 284 g/mol. The summed E-state index contributed by atoms with van der Waals surface area (Å²) in [5.41, 5.74) is 0.569. The zero-order valence-electron chi connectivity index (χ0n) is 9.49. The number of amides is 1. The highest BCUT2D eigenvalue weighted by Crippen LogP contribution is 2.15. The molecule has 1 aliphatic rings. The fourth-order valence-electron chi connectivity index (χ4n) is 1.87. The molecule has 92 valence electrons. The Morgan fingerprint density at radius 3 is 3.24 bits per heavy atom. The molecule has 0 aromatic carbocycles. The maximum Gasteiger partial charge on any atom is 0.254 e. The van der Waals surface area contributed by atoms with Crippen LogP contribution in [0.15, 0.2) is 22.9 Å². The van der Waals surface area contributed by atoms with Crippen LogP contribution in [0.3, 0.4) is 0 Å². The van der Waals surface area contributed by atoms with Crippen molar-refractivity contribution in [3.8, 4) is 0 Å². The van der Waals surface area contributed by atoms with Gasteiger partial charge >= 0.3 is 0 Å². The fraction of sp³-hybridized carbons (Fsp3) is 0.500. The minimum Gasteiger partial charge on any atom is -0.378 e. The normalized spacial score (nSPS) is 19.2. The first kappa shape index (κ1) is 12.5. The van der Waals surface area contributed by atoms with E-state index in [4.69, 9.17) is 4.74 Å². The highest BCUT2D eigenvalue weighted by molar-refractivity contribution is 9.10. The molecule has 1 fully saturated rings. The van der Waals surface area contributed by atoms with Crippen LogP contribution in [-0.4, -0.2) is 30.1 Å². The predicted molar refractivity (Wildman–Crippen MR) is 67.9 cm³/mol. The standard InChI is InChI=1S/C12H15BrN2O2/c13-11-10(4-1-6-14-11)12(16)15-7-5-9-3-2-8-17-9/h1,4,6,9H,2-3,5,7-8H2,(H,15,16). The number of pyridine rings is 1. The maximum absolute atomic E-state index is 11.8. The predicted octanol–water partition coefficient (Wildman–Crippen LogP) is 2.14. The quantitative estimate of drug-likeness (QED) is 0.867. The van der Waals surface area contributed by atoms with E-state index >= 15 is 0 Å². The highest BCUT2D eigenvalue weighted by atomic mass is 79.9. The fourth-order valence-corrected chi connectivity index (χ4v) is 2.30. The number of carbonyl (C=O) groups is 1. The van der Waals surface area contributed by atoms with Crippen molar-refractivity contribution in [3.63, 3.8) is 0 Å². The van der Waals surface area contributed by atoms with E-state index < -0.39 is 0 Å². The lowest BCUT2D eigenvalue weighted by Gasteiger charge is -2.10. The van der Waals surface area contributed by atoms with Gasteiger partial charge in [0.05, 0.1) is 11.7 Å². The maximum atomic E-state index is 11.8. The molecule has 0 radical (unpaired) electrons. The van der Waals surface area contributed by atoms with Crippen LogP contribution in [0.4, 0.5) is 0 Å². The molecule has 1 aromatic rings. The van der Waals surface area contributed by atoms with Crippen molar-refractivity contribution >= 4 is 21.8 Å². The van der Waals surface area contributed by atoms with Gasteiger partial charge in [-0.3, -0.25) is 4.79 Å². The molecule has 0 saturated carbocycles. The lowest BCUT2D eigenvalue weighted by Crippen LogP contribution is -2.27. The minimum atomic E-state index is -0.0945. The van der Waals surface area contributed by atoms with Gasteiger partial charge < -0.3 is 10.1 Å². The van der Waals surface area contributed by atoms with Gasteiger partial charge in [-0.05, 0) is 47.3 Å². The van der Waals surface area contributed by atoms with Crippen LogP contribution >= 0.6 is 15.9 Å². The molecule has 1 unspecified atom stereocenters. The van der Waals surface area contributed by atoms with Gasteiger partial charge in [-0.15, -0.1) is 0 Å². The zero-order chi connectivity index (χ0) is 12.1. The second kappa shape index (κ2) is 6.12. The first-order valence-corrected chi connectivity index (χ1v) is 6.57. The van der Waals surface area contributed by atoms with Crippen molar-refractivity contribution in [1.29, 1.82) is 0 Å². The van der Waals surface area contributed by atoms with Gasteiger partial charge in [0.25, 0.3) is 5.91 Å². The Labute approximate surface area is 109 Å². The average molecular weight is 299 g/mol. The third kappa shape index (κ3) is 3.51. The number of nitrogens with zero attached hydrogens (tertiary/aromatic N) is 1. The van der Waals surface area contributed by atoms with E-state index in [1.807, 2.05) is 0 Å². The van der Waals surface area contributed by atoms with E-state index in [2.05, 4.69) is 26.2 Å². The van der Waals surface area contributed by atoms with Crippen LogP contribution < -0.4 is 5.32 Å². The summed E-state index contributed by atoms with van der Waals surface area (Å²) >= 11 is 3.26. The van der Waals surface area contributed by atoms with Gasteiger partial charge in [0, 0.05) is 19.3 Å². The second-order valence-electron chi connectivity index (χ2n) is 4.02. The molecule has 1 N–H and O–H groups in total. The smallest absolute Gasteiger partial charge is 0.254 e. The number of hydrogen-bond donors (Lipinski definition) is 1. The summed E-state index contributed by atoms with van der Waals surface area (Å²) in [6.45, 7) is 1.50. The number of ether oxygens (including phenoxy) is 1. The first-order chi connectivity index (χ1) is 8.27. The summed E-state index contributed by atoms with van der Waals surface area (Å²) in [5.74, 6) is -0.0945. The van der Waals surface area contributed by atoms with Crippen molar-refractivity contribution in [3.05, 3.63) is 28.5 Å². The van der Waals surface area contributed by atoms with E-state index in [1.165, 1.54) is 0 Å². The third-order valence-electron chi connectivity index (χ3n) is 2.78. The molecular formula is C12H15BrN2O2. The topological polar surface area (TPSA) is 51.2 Å². The molecule has 4 nitrogen and oxygen atoms in total. The summed E-state index contributed by atoms with van der Waals surface area (Å²) in [6.07, 6.45) is 5.07. The van der Waals surface area contributed by atoms with Gasteiger partial charge in [0.1, 0.15) is 4.60 Å². The number of halogens is 1. The molecule has 5 heteroatoms. The summed E-state index contributed by atoms with van der Waals surface area (Å²) in [7, 11) is 0. The SMILES string of the molecule is O=C(NCCC1CCCO1)c1cccnc1Br. The van der Waals surface area contributed by atoms with Crippen LogP contribution in [-0.2, 0) is 4.74 Å². The average Bonchev–Trinajstić information content (AvgIpc) is 2.82. The Kier molecular flexibility index (Phi) is 4.50. The Morgan fingerprint density at radius 1 is 1.65 bits per heavy atom. The minimum absolute atomic E-state index is 0.0945. The number of carbonyl (C=O) groups excluding carboxylic acids is 1. The summed E-state index contributed by atoms with van der Waals surface area (Å²) in [4.78, 5) is 15.8. The molecule has 0 spiro atoms. The molecule has 1 aliphatic heterocycles. The Balaban J connectivity index is 1.79. The highest BCUT2D eigenvalue weighted by Gasteiger charge is 2.16. The number of aromatic nitrogens is 1.